The Balaban J connectivity index is 1.60. The number of ether oxygens (including phenoxy) is 1. The van der Waals surface area contributed by atoms with Crippen molar-refractivity contribution in [3.05, 3.63) is 58.6 Å². The van der Waals surface area contributed by atoms with Crippen LogP contribution in [0.1, 0.15) is 30.4 Å². The van der Waals surface area contributed by atoms with Crippen molar-refractivity contribution in [2.75, 3.05) is 31.6 Å². The molecule has 0 radical (unpaired) electrons. The van der Waals surface area contributed by atoms with E-state index >= 15 is 0 Å². The largest absolute Gasteiger partial charge is 0.379 e. The fraction of sp³-hybridized carbons (Fsp3) is 0.409. The van der Waals surface area contributed by atoms with Crippen LogP contribution in [0.15, 0.2) is 47.4 Å². The van der Waals surface area contributed by atoms with Crippen LogP contribution in [-0.4, -0.2) is 44.9 Å². The highest BCUT2D eigenvalue weighted by Crippen LogP contribution is 2.45. The monoisotopic (exact) mass is 448 g/mol. The lowest BCUT2D eigenvalue weighted by atomic mass is 9.64. The van der Waals surface area contributed by atoms with Gasteiger partial charge in [0.25, 0.3) is 0 Å². The third-order valence-electron chi connectivity index (χ3n) is 6.07. The molecular formula is C22H25ClN2O4S. The highest BCUT2D eigenvalue weighted by Gasteiger charge is 2.45. The fourth-order valence-corrected chi connectivity index (χ4v) is 5.86. The van der Waals surface area contributed by atoms with Crippen molar-refractivity contribution in [2.24, 2.45) is 0 Å². The van der Waals surface area contributed by atoms with E-state index in [1.54, 1.807) is 37.3 Å². The predicted octanol–water partition coefficient (Wildman–Crippen LogP) is 3.73. The summed E-state index contributed by atoms with van der Waals surface area (Å²) >= 11 is 6.00. The van der Waals surface area contributed by atoms with E-state index in [1.807, 2.05) is 12.1 Å². The number of benzene rings is 2. The minimum Gasteiger partial charge on any atom is -0.379 e. The van der Waals surface area contributed by atoms with Gasteiger partial charge in [-0.25, -0.2) is 8.42 Å². The van der Waals surface area contributed by atoms with Crippen molar-refractivity contribution in [3.8, 4) is 0 Å². The molecule has 0 bridgehead atoms. The molecule has 2 aliphatic rings. The maximum atomic E-state index is 13.2. The molecule has 1 aliphatic heterocycles. The zero-order valence-corrected chi connectivity index (χ0v) is 18.4. The lowest BCUT2D eigenvalue weighted by molar-refractivity contribution is -0.124. The second kappa shape index (κ2) is 8.30. The zero-order valence-electron chi connectivity index (χ0n) is 16.9. The Labute approximate surface area is 182 Å². The lowest BCUT2D eigenvalue weighted by Crippen LogP contribution is -2.46. The van der Waals surface area contributed by atoms with Gasteiger partial charge in [-0.3, -0.25) is 4.79 Å². The number of aryl methyl sites for hydroxylation is 1. The van der Waals surface area contributed by atoms with Gasteiger partial charge in [0.05, 0.1) is 23.5 Å². The van der Waals surface area contributed by atoms with Crippen molar-refractivity contribution in [1.82, 2.24) is 4.31 Å². The number of nitrogens with zero attached hydrogens (tertiary/aromatic N) is 1. The van der Waals surface area contributed by atoms with E-state index in [9.17, 15) is 13.2 Å². The van der Waals surface area contributed by atoms with Gasteiger partial charge in [0.15, 0.2) is 0 Å². The average Bonchev–Trinajstić information content (AvgIpc) is 2.70. The smallest absolute Gasteiger partial charge is 0.243 e. The minimum absolute atomic E-state index is 0.116. The molecule has 1 saturated carbocycles. The van der Waals surface area contributed by atoms with E-state index in [-0.39, 0.29) is 10.8 Å². The Morgan fingerprint density at radius 2 is 1.77 bits per heavy atom. The summed E-state index contributed by atoms with van der Waals surface area (Å²) in [6.45, 7) is 3.20. The number of nitrogens with one attached hydrogen (secondary N) is 1. The molecule has 2 fully saturated rings. The van der Waals surface area contributed by atoms with Crippen LogP contribution in [0.2, 0.25) is 5.02 Å². The van der Waals surface area contributed by atoms with Gasteiger partial charge >= 0.3 is 0 Å². The predicted molar refractivity (Wildman–Crippen MR) is 116 cm³/mol. The fourth-order valence-electron chi connectivity index (χ4n) is 4.08. The van der Waals surface area contributed by atoms with Crippen LogP contribution in [0.3, 0.4) is 0 Å². The van der Waals surface area contributed by atoms with Crippen molar-refractivity contribution in [3.63, 3.8) is 0 Å². The van der Waals surface area contributed by atoms with Gasteiger partial charge in [-0.1, -0.05) is 36.2 Å². The number of carbonyl (C=O) groups excluding carboxylic acids is 1. The highest BCUT2D eigenvalue weighted by atomic mass is 35.5. The molecule has 1 N–H and O–H groups in total. The molecule has 0 spiro atoms. The molecule has 0 aromatic heterocycles. The molecule has 4 rings (SSSR count). The summed E-state index contributed by atoms with van der Waals surface area (Å²) in [5.74, 6) is -0.116. The Kier molecular flexibility index (Phi) is 5.90. The molecule has 1 saturated heterocycles. The first-order valence-electron chi connectivity index (χ1n) is 10.1. The molecule has 0 unspecified atom stereocenters. The molecule has 6 nitrogen and oxygen atoms in total. The maximum absolute atomic E-state index is 13.2. The first kappa shape index (κ1) is 21.3. The van der Waals surface area contributed by atoms with Crippen LogP contribution >= 0.6 is 11.6 Å². The van der Waals surface area contributed by atoms with Gasteiger partial charge in [-0.05, 0) is 55.2 Å². The van der Waals surface area contributed by atoms with Crippen molar-refractivity contribution in [1.29, 1.82) is 0 Å². The first-order chi connectivity index (χ1) is 14.3. The number of rotatable bonds is 5. The van der Waals surface area contributed by atoms with Gasteiger partial charge in [0.1, 0.15) is 0 Å². The molecule has 2 aromatic carbocycles. The van der Waals surface area contributed by atoms with Crippen molar-refractivity contribution < 1.29 is 17.9 Å². The van der Waals surface area contributed by atoms with Gasteiger partial charge in [-0.15, -0.1) is 0 Å². The Morgan fingerprint density at radius 1 is 1.10 bits per heavy atom. The van der Waals surface area contributed by atoms with Crippen molar-refractivity contribution in [2.45, 2.75) is 36.5 Å². The Hall–Kier alpha value is -1.93. The van der Waals surface area contributed by atoms with E-state index in [2.05, 4.69) is 5.32 Å². The van der Waals surface area contributed by atoms with Gasteiger partial charge in [0.2, 0.25) is 15.9 Å². The third-order valence-corrected chi connectivity index (χ3v) is 8.37. The summed E-state index contributed by atoms with van der Waals surface area (Å²) in [7, 11) is -3.65. The molecule has 1 heterocycles. The number of halogens is 1. The zero-order chi connectivity index (χ0) is 21.4. The molecular weight excluding hydrogens is 424 g/mol. The van der Waals surface area contributed by atoms with Crippen LogP contribution in [-0.2, 0) is 25.0 Å². The van der Waals surface area contributed by atoms with Gasteiger partial charge in [-0.2, -0.15) is 4.31 Å². The van der Waals surface area contributed by atoms with E-state index in [4.69, 9.17) is 16.3 Å². The number of morpholine rings is 1. The number of anilines is 1. The molecule has 1 amide bonds. The Morgan fingerprint density at radius 3 is 2.37 bits per heavy atom. The Bertz CT molecular complexity index is 1040. The molecule has 0 atom stereocenters. The number of hydrogen-bond acceptors (Lipinski definition) is 4. The van der Waals surface area contributed by atoms with E-state index in [0.717, 1.165) is 24.8 Å². The number of hydrogen-bond donors (Lipinski definition) is 1. The van der Waals surface area contributed by atoms with Crippen molar-refractivity contribution >= 4 is 33.2 Å². The molecule has 160 valence electrons. The summed E-state index contributed by atoms with van der Waals surface area (Å²) in [6.07, 6.45) is 2.48. The SMILES string of the molecule is Cc1ccc(NC(=O)C2(c3ccc(Cl)cc3)CCC2)cc1S(=O)(=O)N1CCOCC1. The first-order valence-corrected chi connectivity index (χ1v) is 11.9. The summed E-state index contributed by atoms with van der Waals surface area (Å²) in [5, 5.41) is 3.59. The molecule has 2 aromatic rings. The normalized spacial score (nSPS) is 19.1. The highest BCUT2D eigenvalue weighted by molar-refractivity contribution is 7.89. The summed E-state index contributed by atoms with van der Waals surface area (Å²) in [5.41, 5.74) is 1.47. The van der Waals surface area contributed by atoms with Crippen LogP contribution in [0.25, 0.3) is 0 Å². The quantitative estimate of drug-likeness (QED) is 0.756. The summed E-state index contributed by atoms with van der Waals surface area (Å²) < 4.78 is 32.9. The standard InChI is InChI=1S/C22H25ClN2O4S/c1-16-3-8-19(15-20(16)30(27,28)25-11-13-29-14-12-25)24-21(26)22(9-2-10-22)17-4-6-18(23)7-5-17/h3-8,15H,2,9-14H2,1H3,(H,24,26). The van der Waals surface area contributed by atoms with Crippen LogP contribution < -0.4 is 5.32 Å². The second-order valence-electron chi connectivity index (χ2n) is 7.89. The van der Waals surface area contributed by atoms with E-state index in [0.29, 0.717) is 42.6 Å². The van der Waals surface area contributed by atoms with E-state index < -0.39 is 15.4 Å². The van der Waals surface area contributed by atoms with Crippen LogP contribution in [0.5, 0.6) is 0 Å². The van der Waals surface area contributed by atoms with Crippen LogP contribution in [0.4, 0.5) is 5.69 Å². The maximum Gasteiger partial charge on any atom is 0.243 e. The second-order valence-corrected chi connectivity index (χ2v) is 10.2. The lowest BCUT2D eigenvalue weighted by Gasteiger charge is -2.40. The van der Waals surface area contributed by atoms with Crippen LogP contribution in [0, 0.1) is 6.92 Å². The average molecular weight is 449 g/mol. The number of carbonyl (C=O) groups is 1. The van der Waals surface area contributed by atoms with Gasteiger partial charge in [0, 0.05) is 23.8 Å². The molecule has 30 heavy (non-hydrogen) atoms. The summed E-state index contributed by atoms with van der Waals surface area (Å²) in [4.78, 5) is 13.4. The van der Waals surface area contributed by atoms with Gasteiger partial charge < -0.3 is 10.1 Å². The molecule has 8 heteroatoms. The van der Waals surface area contributed by atoms with E-state index in [1.165, 1.54) is 4.31 Å². The molecule has 1 aliphatic carbocycles. The number of sulfonamides is 1. The number of amides is 1. The topological polar surface area (TPSA) is 75.7 Å². The summed E-state index contributed by atoms with van der Waals surface area (Å²) in [6, 6.07) is 12.4. The minimum atomic E-state index is -3.65. The third kappa shape index (κ3) is 3.87.